The molecule has 17 heavy (non-hydrogen) atoms. The highest BCUT2D eigenvalue weighted by Gasteiger charge is 2.40. The first kappa shape index (κ1) is 12.8. The summed E-state index contributed by atoms with van der Waals surface area (Å²) >= 11 is 0. The molecule has 4 nitrogen and oxygen atoms in total. The Hall–Kier alpha value is -0.610. The van der Waals surface area contributed by atoms with Crippen LogP contribution < -0.4 is 5.73 Å². The highest BCUT2D eigenvalue weighted by Crippen LogP contribution is 2.40. The Labute approximate surface area is 103 Å². The molecule has 0 amide bonds. The third-order valence-electron chi connectivity index (χ3n) is 4.27. The van der Waals surface area contributed by atoms with E-state index in [1.54, 1.807) is 0 Å². The summed E-state index contributed by atoms with van der Waals surface area (Å²) in [6.45, 7) is 4.68. The van der Waals surface area contributed by atoms with E-state index in [4.69, 9.17) is 10.5 Å². The lowest BCUT2D eigenvalue weighted by Crippen LogP contribution is -2.34. The quantitative estimate of drug-likeness (QED) is 0.728. The molecule has 0 radical (unpaired) electrons. The molecule has 3 atom stereocenters. The lowest BCUT2D eigenvalue weighted by molar-refractivity contribution is -0.144. The van der Waals surface area contributed by atoms with E-state index in [0.717, 1.165) is 31.3 Å². The Morgan fingerprint density at radius 1 is 1.47 bits per heavy atom. The number of carbonyl (C=O) groups excluding carboxylic acids is 1. The number of ether oxygens (including phenoxy) is 1. The Bertz CT molecular complexity index is 270. The lowest BCUT2D eigenvalue weighted by Gasteiger charge is -2.28. The molecule has 2 fully saturated rings. The molecule has 0 spiro atoms. The zero-order valence-electron chi connectivity index (χ0n) is 10.7. The van der Waals surface area contributed by atoms with Crippen molar-refractivity contribution in [2.75, 3.05) is 26.2 Å². The molecule has 2 aliphatic rings. The van der Waals surface area contributed by atoms with Gasteiger partial charge in [0.2, 0.25) is 0 Å². The largest absolute Gasteiger partial charge is 0.465 e. The maximum atomic E-state index is 11.5. The van der Waals surface area contributed by atoms with Gasteiger partial charge in [-0.05, 0) is 51.0 Å². The normalized spacial score (nSPS) is 32.7. The average molecular weight is 240 g/mol. The number of hydrogen-bond acceptors (Lipinski definition) is 4. The second-order valence-electron chi connectivity index (χ2n) is 5.30. The van der Waals surface area contributed by atoms with Crippen molar-refractivity contribution in [2.45, 2.75) is 38.6 Å². The number of nitrogens with two attached hydrogens (primary N) is 1. The number of likely N-dealkylation sites (tertiary alicyclic amines) is 1. The maximum absolute atomic E-state index is 11.5. The minimum atomic E-state index is -0.0737. The Morgan fingerprint density at radius 2 is 2.29 bits per heavy atom. The van der Waals surface area contributed by atoms with Crippen molar-refractivity contribution in [2.24, 2.45) is 17.6 Å². The molecule has 0 aromatic rings. The van der Waals surface area contributed by atoms with Crippen molar-refractivity contribution < 1.29 is 9.53 Å². The van der Waals surface area contributed by atoms with Crippen molar-refractivity contribution in [3.63, 3.8) is 0 Å². The van der Waals surface area contributed by atoms with Crippen molar-refractivity contribution in [1.29, 1.82) is 0 Å². The molecule has 4 heteroatoms. The first-order chi connectivity index (χ1) is 8.24. The maximum Gasteiger partial charge on any atom is 0.320 e. The fraction of sp³-hybridized carbons (Fsp3) is 0.923. The van der Waals surface area contributed by atoms with Crippen LogP contribution in [0.3, 0.4) is 0 Å². The predicted octanol–water partition coefficient (Wildman–Crippen LogP) is 0.999. The van der Waals surface area contributed by atoms with E-state index < -0.39 is 0 Å². The number of fused-ring (bicyclic) bond motifs is 2. The Kier molecular flexibility index (Phi) is 4.40. The summed E-state index contributed by atoms with van der Waals surface area (Å²) < 4.78 is 5.03. The minimum Gasteiger partial charge on any atom is -0.465 e. The average Bonchev–Trinajstić information content (AvgIpc) is 2.61. The standard InChI is InChI=1S/C13H24N2O2/c1-2-17-13(16)9-15-8-11-7-12(15)4-3-10(11)5-6-14/h10-12H,2-9,14H2,1H3. The molecule has 1 saturated carbocycles. The second kappa shape index (κ2) is 5.83. The zero-order chi connectivity index (χ0) is 12.3. The molecule has 3 unspecified atom stereocenters. The summed E-state index contributed by atoms with van der Waals surface area (Å²) in [5, 5.41) is 0. The van der Waals surface area contributed by atoms with Crippen molar-refractivity contribution >= 4 is 5.97 Å². The van der Waals surface area contributed by atoms with Crippen LogP contribution in [0.2, 0.25) is 0 Å². The molecular formula is C13H24N2O2. The van der Waals surface area contributed by atoms with Crippen LogP contribution in [0, 0.1) is 11.8 Å². The van der Waals surface area contributed by atoms with Gasteiger partial charge in [-0.3, -0.25) is 9.69 Å². The summed E-state index contributed by atoms with van der Waals surface area (Å²) in [4.78, 5) is 13.8. The van der Waals surface area contributed by atoms with Crippen molar-refractivity contribution in [3.05, 3.63) is 0 Å². The summed E-state index contributed by atoms with van der Waals surface area (Å²) in [5.74, 6) is 1.46. The number of nitrogens with zero attached hydrogens (tertiary/aromatic N) is 1. The number of esters is 1. The summed E-state index contributed by atoms with van der Waals surface area (Å²) in [6, 6.07) is 0.610. The fourth-order valence-electron chi connectivity index (χ4n) is 3.47. The highest BCUT2D eigenvalue weighted by atomic mass is 16.5. The molecule has 0 aromatic carbocycles. The fourth-order valence-corrected chi connectivity index (χ4v) is 3.47. The van der Waals surface area contributed by atoms with Gasteiger partial charge >= 0.3 is 5.97 Å². The van der Waals surface area contributed by atoms with Crippen LogP contribution in [0.15, 0.2) is 0 Å². The van der Waals surface area contributed by atoms with Crippen LogP contribution in [0.5, 0.6) is 0 Å². The molecule has 1 aliphatic heterocycles. The lowest BCUT2D eigenvalue weighted by atomic mass is 9.78. The molecular weight excluding hydrogens is 216 g/mol. The SMILES string of the molecule is CCOC(=O)CN1CC2CC1CCC2CCN. The summed E-state index contributed by atoms with van der Waals surface area (Å²) in [5.41, 5.74) is 5.66. The van der Waals surface area contributed by atoms with E-state index in [-0.39, 0.29) is 5.97 Å². The Morgan fingerprint density at radius 3 is 3.00 bits per heavy atom. The summed E-state index contributed by atoms with van der Waals surface area (Å²) in [6.07, 6.45) is 4.90. The number of rotatable bonds is 5. The van der Waals surface area contributed by atoms with Crippen LogP contribution >= 0.6 is 0 Å². The Balaban J connectivity index is 1.85. The van der Waals surface area contributed by atoms with Crippen LogP contribution in [0.4, 0.5) is 0 Å². The molecule has 1 heterocycles. The molecule has 2 N–H and O–H groups in total. The highest BCUT2D eigenvalue weighted by molar-refractivity contribution is 5.71. The van der Waals surface area contributed by atoms with Crippen LogP contribution in [0.25, 0.3) is 0 Å². The van der Waals surface area contributed by atoms with Crippen LogP contribution in [-0.2, 0) is 9.53 Å². The van der Waals surface area contributed by atoms with Gasteiger partial charge in [-0.2, -0.15) is 0 Å². The van der Waals surface area contributed by atoms with Gasteiger partial charge in [-0.1, -0.05) is 0 Å². The third kappa shape index (κ3) is 2.99. The molecule has 2 bridgehead atoms. The van der Waals surface area contributed by atoms with E-state index in [9.17, 15) is 4.79 Å². The minimum absolute atomic E-state index is 0.0737. The zero-order valence-corrected chi connectivity index (χ0v) is 10.7. The van der Waals surface area contributed by atoms with E-state index in [1.165, 1.54) is 19.3 Å². The predicted molar refractivity (Wildman–Crippen MR) is 66.5 cm³/mol. The van der Waals surface area contributed by atoms with Gasteiger partial charge in [0, 0.05) is 12.6 Å². The molecule has 1 saturated heterocycles. The van der Waals surface area contributed by atoms with E-state index in [1.807, 2.05) is 6.92 Å². The van der Waals surface area contributed by atoms with E-state index in [0.29, 0.717) is 19.2 Å². The van der Waals surface area contributed by atoms with Crippen molar-refractivity contribution in [1.82, 2.24) is 4.90 Å². The van der Waals surface area contributed by atoms with E-state index in [2.05, 4.69) is 4.90 Å². The van der Waals surface area contributed by atoms with Gasteiger partial charge in [0.1, 0.15) is 0 Å². The smallest absolute Gasteiger partial charge is 0.320 e. The third-order valence-corrected chi connectivity index (χ3v) is 4.27. The monoisotopic (exact) mass is 240 g/mol. The van der Waals surface area contributed by atoms with Crippen LogP contribution in [-0.4, -0.2) is 43.2 Å². The molecule has 98 valence electrons. The van der Waals surface area contributed by atoms with E-state index >= 15 is 0 Å². The number of hydrogen-bond donors (Lipinski definition) is 1. The van der Waals surface area contributed by atoms with Gasteiger partial charge in [-0.15, -0.1) is 0 Å². The van der Waals surface area contributed by atoms with Crippen LogP contribution in [0.1, 0.15) is 32.6 Å². The number of carbonyl (C=O) groups is 1. The van der Waals surface area contributed by atoms with Gasteiger partial charge in [0.15, 0.2) is 0 Å². The van der Waals surface area contributed by atoms with Gasteiger partial charge in [0.05, 0.1) is 13.2 Å². The van der Waals surface area contributed by atoms with Gasteiger partial charge in [-0.25, -0.2) is 0 Å². The van der Waals surface area contributed by atoms with Gasteiger partial charge < -0.3 is 10.5 Å². The van der Waals surface area contributed by atoms with Crippen molar-refractivity contribution in [3.8, 4) is 0 Å². The summed E-state index contributed by atoms with van der Waals surface area (Å²) in [7, 11) is 0. The molecule has 0 aromatic heterocycles. The second-order valence-corrected chi connectivity index (χ2v) is 5.30. The van der Waals surface area contributed by atoms with Gasteiger partial charge in [0.25, 0.3) is 0 Å². The first-order valence-electron chi connectivity index (χ1n) is 6.84. The molecule has 1 aliphatic carbocycles. The topological polar surface area (TPSA) is 55.6 Å². The molecule has 2 rings (SSSR count). The first-order valence-corrected chi connectivity index (χ1v) is 6.84.